The molecule has 2 rings (SSSR count). The lowest BCUT2D eigenvalue weighted by atomic mass is 10.0. The lowest BCUT2D eigenvalue weighted by molar-refractivity contribution is 0.336. The Morgan fingerprint density at radius 1 is 1.18 bits per heavy atom. The van der Waals surface area contributed by atoms with Crippen molar-refractivity contribution in [2.24, 2.45) is 0 Å². The molecular formula is C16H20O. The Kier molecular flexibility index (Phi) is 4.43. The van der Waals surface area contributed by atoms with E-state index in [4.69, 9.17) is 4.74 Å². The minimum absolute atomic E-state index is 0.741. The zero-order valence-electron chi connectivity index (χ0n) is 10.5. The van der Waals surface area contributed by atoms with Crippen LogP contribution in [0.25, 0.3) is 0 Å². The first-order chi connectivity index (χ1) is 8.40. The summed E-state index contributed by atoms with van der Waals surface area (Å²) >= 11 is 0. The number of aryl methyl sites for hydroxylation is 1. The lowest BCUT2D eigenvalue weighted by Gasteiger charge is -2.09. The van der Waals surface area contributed by atoms with E-state index in [-0.39, 0.29) is 0 Å². The molecule has 1 aromatic carbocycles. The third-order valence-corrected chi connectivity index (χ3v) is 3.03. The van der Waals surface area contributed by atoms with E-state index in [9.17, 15) is 0 Å². The standard InChI is InChI=1S/C16H20O/c1-2-17-16-13-6-5-11-15(16)12-7-10-14-8-3-4-9-14/h3,5-6,8-9,11,13H,2,4,7,10,12H2,1H3. The van der Waals surface area contributed by atoms with Crippen LogP contribution in [-0.4, -0.2) is 6.61 Å². The van der Waals surface area contributed by atoms with E-state index in [0.29, 0.717) is 0 Å². The largest absolute Gasteiger partial charge is 0.494 e. The van der Waals surface area contributed by atoms with Crippen molar-refractivity contribution in [3.05, 3.63) is 53.6 Å². The summed E-state index contributed by atoms with van der Waals surface area (Å²) in [5, 5.41) is 0. The highest BCUT2D eigenvalue weighted by Crippen LogP contribution is 2.22. The van der Waals surface area contributed by atoms with Gasteiger partial charge < -0.3 is 4.74 Å². The summed E-state index contributed by atoms with van der Waals surface area (Å²) < 4.78 is 5.63. The van der Waals surface area contributed by atoms with Crippen molar-refractivity contribution in [3.63, 3.8) is 0 Å². The van der Waals surface area contributed by atoms with Crippen LogP contribution in [0.5, 0.6) is 5.75 Å². The summed E-state index contributed by atoms with van der Waals surface area (Å²) in [6, 6.07) is 8.36. The summed E-state index contributed by atoms with van der Waals surface area (Å²) in [6.07, 6.45) is 11.4. The molecule has 0 heterocycles. The minimum atomic E-state index is 0.741. The van der Waals surface area contributed by atoms with Gasteiger partial charge in [-0.3, -0.25) is 0 Å². The van der Waals surface area contributed by atoms with Crippen LogP contribution in [0.15, 0.2) is 48.1 Å². The van der Waals surface area contributed by atoms with Gasteiger partial charge in [-0.1, -0.05) is 42.0 Å². The van der Waals surface area contributed by atoms with Crippen LogP contribution < -0.4 is 4.74 Å². The van der Waals surface area contributed by atoms with Crippen molar-refractivity contribution < 1.29 is 4.74 Å². The van der Waals surface area contributed by atoms with E-state index in [1.54, 1.807) is 0 Å². The van der Waals surface area contributed by atoms with Gasteiger partial charge in [-0.15, -0.1) is 0 Å². The van der Waals surface area contributed by atoms with E-state index < -0.39 is 0 Å². The van der Waals surface area contributed by atoms with Crippen LogP contribution in [-0.2, 0) is 6.42 Å². The Morgan fingerprint density at radius 3 is 2.82 bits per heavy atom. The quantitative estimate of drug-likeness (QED) is 0.705. The summed E-state index contributed by atoms with van der Waals surface area (Å²) in [5.41, 5.74) is 2.82. The molecule has 0 saturated carbocycles. The number of ether oxygens (including phenoxy) is 1. The molecule has 1 heteroatoms. The molecule has 0 N–H and O–H groups in total. The number of hydrogen-bond acceptors (Lipinski definition) is 1. The Labute approximate surface area is 104 Å². The molecule has 1 nitrogen and oxygen atoms in total. The zero-order chi connectivity index (χ0) is 11.9. The Morgan fingerprint density at radius 2 is 2.06 bits per heavy atom. The highest BCUT2D eigenvalue weighted by Gasteiger charge is 2.03. The zero-order valence-corrected chi connectivity index (χ0v) is 10.5. The van der Waals surface area contributed by atoms with E-state index in [0.717, 1.165) is 25.2 Å². The van der Waals surface area contributed by atoms with Crippen LogP contribution in [0.4, 0.5) is 0 Å². The second-order valence-electron chi connectivity index (χ2n) is 4.31. The van der Waals surface area contributed by atoms with E-state index in [1.807, 2.05) is 13.0 Å². The summed E-state index contributed by atoms with van der Waals surface area (Å²) in [6.45, 7) is 2.77. The van der Waals surface area contributed by atoms with Crippen molar-refractivity contribution in [3.8, 4) is 5.75 Å². The number of para-hydroxylation sites is 1. The van der Waals surface area contributed by atoms with Crippen LogP contribution >= 0.6 is 0 Å². The lowest BCUT2D eigenvalue weighted by Crippen LogP contribution is -1.96. The molecule has 1 aliphatic carbocycles. The fourth-order valence-corrected chi connectivity index (χ4v) is 2.18. The molecule has 0 fully saturated rings. The first kappa shape index (κ1) is 12.0. The number of allylic oxidation sites excluding steroid dienone is 4. The SMILES string of the molecule is CCOc1ccccc1CCCC1=CCC=C1. The molecule has 0 amide bonds. The number of benzene rings is 1. The molecule has 0 spiro atoms. The van der Waals surface area contributed by atoms with Gasteiger partial charge in [0, 0.05) is 0 Å². The second-order valence-corrected chi connectivity index (χ2v) is 4.31. The van der Waals surface area contributed by atoms with E-state index in [1.165, 1.54) is 24.0 Å². The predicted molar refractivity (Wildman–Crippen MR) is 72.4 cm³/mol. The van der Waals surface area contributed by atoms with Crippen molar-refractivity contribution in [2.75, 3.05) is 6.61 Å². The Hall–Kier alpha value is -1.50. The molecule has 0 bridgehead atoms. The summed E-state index contributed by atoms with van der Waals surface area (Å²) in [4.78, 5) is 0. The van der Waals surface area contributed by atoms with Crippen molar-refractivity contribution >= 4 is 0 Å². The third kappa shape index (κ3) is 3.48. The summed E-state index contributed by atoms with van der Waals surface area (Å²) in [7, 11) is 0. The molecule has 0 saturated heterocycles. The minimum Gasteiger partial charge on any atom is -0.494 e. The monoisotopic (exact) mass is 228 g/mol. The van der Waals surface area contributed by atoms with Gasteiger partial charge in [0.1, 0.15) is 5.75 Å². The molecule has 0 radical (unpaired) electrons. The molecule has 0 aliphatic heterocycles. The maximum atomic E-state index is 5.63. The summed E-state index contributed by atoms with van der Waals surface area (Å²) in [5.74, 6) is 1.05. The Balaban J connectivity index is 1.87. The van der Waals surface area contributed by atoms with E-state index in [2.05, 4.69) is 36.4 Å². The topological polar surface area (TPSA) is 9.23 Å². The van der Waals surface area contributed by atoms with Crippen LogP contribution in [0, 0.1) is 0 Å². The van der Waals surface area contributed by atoms with Gasteiger partial charge >= 0.3 is 0 Å². The molecule has 0 atom stereocenters. The smallest absolute Gasteiger partial charge is 0.122 e. The molecule has 17 heavy (non-hydrogen) atoms. The first-order valence-electron chi connectivity index (χ1n) is 6.46. The molecular weight excluding hydrogens is 208 g/mol. The maximum absolute atomic E-state index is 5.63. The molecule has 1 aliphatic rings. The molecule has 0 aromatic heterocycles. The van der Waals surface area contributed by atoms with Gasteiger partial charge in [0.25, 0.3) is 0 Å². The molecule has 90 valence electrons. The molecule has 1 aromatic rings. The van der Waals surface area contributed by atoms with Gasteiger partial charge in [-0.05, 0) is 44.2 Å². The van der Waals surface area contributed by atoms with Gasteiger partial charge in [0.05, 0.1) is 6.61 Å². The van der Waals surface area contributed by atoms with Gasteiger partial charge in [-0.25, -0.2) is 0 Å². The van der Waals surface area contributed by atoms with Gasteiger partial charge in [0.2, 0.25) is 0 Å². The normalized spacial score (nSPS) is 13.8. The first-order valence-corrected chi connectivity index (χ1v) is 6.46. The average molecular weight is 228 g/mol. The molecule has 0 unspecified atom stereocenters. The third-order valence-electron chi connectivity index (χ3n) is 3.03. The average Bonchev–Trinajstić information content (AvgIpc) is 2.85. The van der Waals surface area contributed by atoms with Crippen LogP contribution in [0.2, 0.25) is 0 Å². The second kappa shape index (κ2) is 6.29. The number of rotatable bonds is 6. The van der Waals surface area contributed by atoms with E-state index >= 15 is 0 Å². The van der Waals surface area contributed by atoms with Crippen LogP contribution in [0.3, 0.4) is 0 Å². The maximum Gasteiger partial charge on any atom is 0.122 e. The predicted octanol–water partition coefficient (Wildman–Crippen LogP) is 4.29. The fraction of sp³-hybridized carbons (Fsp3) is 0.375. The Bertz CT molecular complexity index is 415. The highest BCUT2D eigenvalue weighted by atomic mass is 16.5. The fourth-order valence-electron chi connectivity index (χ4n) is 2.18. The van der Waals surface area contributed by atoms with Crippen molar-refractivity contribution in [1.82, 2.24) is 0 Å². The van der Waals surface area contributed by atoms with Gasteiger partial charge in [0.15, 0.2) is 0 Å². The van der Waals surface area contributed by atoms with Crippen LogP contribution in [0.1, 0.15) is 31.7 Å². The van der Waals surface area contributed by atoms with Crippen molar-refractivity contribution in [2.45, 2.75) is 32.6 Å². The highest BCUT2D eigenvalue weighted by molar-refractivity contribution is 5.33. The van der Waals surface area contributed by atoms with Crippen molar-refractivity contribution in [1.29, 1.82) is 0 Å². The van der Waals surface area contributed by atoms with Gasteiger partial charge in [-0.2, -0.15) is 0 Å². The number of hydrogen-bond donors (Lipinski definition) is 0.